The van der Waals surface area contributed by atoms with Crippen molar-refractivity contribution in [1.29, 1.82) is 0 Å². The molecule has 0 spiro atoms. The lowest BCUT2D eigenvalue weighted by Gasteiger charge is -2.13. The summed E-state index contributed by atoms with van der Waals surface area (Å²) in [6, 6.07) is 11.7. The second-order valence-electron chi connectivity index (χ2n) is 4.08. The summed E-state index contributed by atoms with van der Waals surface area (Å²) in [5.74, 6) is 0.418. The highest BCUT2D eigenvalue weighted by Crippen LogP contribution is 2.27. The molecule has 0 aromatic heterocycles. The van der Waals surface area contributed by atoms with Gasteiger partial charge in [-0.1, -0.05) is 18.2 Å². The first kappa shape index (κ1) is 14.0. The lowest BCUT2D eigenvalue weighted by Crippen LogP contribution is -2.00. The van der Waals surface area contributed by atoms with Crippen LogP contribution in [0.4, 0.5) is 4.39 Å². The summed E-state index contributed by atoms with van der Waals surface area (Å²) in [5, 5.41) is 10.2. The molecule has 100 valence electrons. The third-order valence-electron chi connectivity index (χ3n) is 2.77. The standard InChI is InChI=1S/C15H14BrFO2/c1-2-19-12-6-3-10(4-7-12)15(18)11-5-8-14(17)13(16)9-11/h3-9,15,18H,2H2,1H3. The number of halogens is 2. The quantitative estimate of drug-likeness (QED) is 0.918. The Labute approximate surface area is 120 Å². The monoisotopic (exact) mass is 324 g/mol. The van der Waals surface area contributed by atoms with Gasteiger partial charge in [-0.05, 0) is 58.2 Å². The molecule has 19 heavy (non-hydrogen) atoms. The van der Waals surface area contributed by atoms with Gasteiger partial charge in [-0.15, -0.1) is 0 Å². The molecule has 4 heteroatoms. The third kappa shape index (κ3) is 3.33. The molecule has 1 unspecified atom stereocenters. The van der Waals surface area contributed by atoms with E-state index in [1.807, 2.05) is 6.92 Å². The predicted molar refractivity (Wildman–Crippen MR) is 75.8 cm³/mol. The van der Waals surface area contributed by atoms with Gasteiger partial charge in [0.15, 0.2) is 0 Å². The highest BCUT2D eigenvalue weighted by molar-refractivity contribution is 9.10. The average molecular weight is 325 g/mol. The molecule has 1 N–H and O–H groups in total. The number of benzene rings is 2. The van der Waals surface area contributed by atoms with Gasteiger partial charge in [0.05, 0.1) is 11.1 Å². The van der Waals surface area contributed by atoms with E-state index in [2.05, 4.69) is 15.9 Å². The molecule has 2 aromatic rings. The summed E-state index contributed by atoms with van der Waals surface area (Å²) in [5.41, 5.74) is 1.37. The molecule has 2 nitrogen and oxygen atoms in total. The smallest absolute Gasteiger partial charge is 0.137 e. The molecule has 0 bridgehead atoms. The minimum atomic E-state index is -0.785. The van der Waals surface area contributed by atoms with E-state index in [9.17, 15) is 9.50 Å². The van der Waals surface area contributed by atoms with Gasteiger partial charge in [0.25, 0.3) is 0 Å². The Hall–Kier alpha value is -1.39. The van der Waals surface area contributed by atoms with Crippen LogP contribution >= 0.6 is 15.9 Å². The maximum absolute atomic E-state index is 13.2. The van der Waals surface area contributed by atoms with Crippen LogP contribution in [-0.4, -0.2) is 11.7 Å². The molecule has 0 aliphatic heterocycles. The lowest BCUT2D eigenvalue weighted by atomic mass is 10.0. The minimum absolute atomic E-state index is 0.343. The number of aliphatic hydroxyl groups is 1. The Morgan fingerprint density at radius 3 is 2.37 bits per heavy atom. The molecule has 0 aliphatic rings. The van der Waals surface area contributed by atoms with Crippen molar-refractivity contribution >= 4 is 15.9 Å². The first-order valence-electron chi connectivity index (χ1n) is 5.97. The molecule has 0 amide bonds. The van der Waals surface area contributed by atoms with Crippen molar-refractivity contribution in [2.75, 3.05) is 6.61 Å². The van der Waals surface area contributed by atoms with E-state index in [4.69, 9.17) is 4.74 Å². The average Bonchev–Trinajstić information content (AvgIpc) is 2.42. The molecule has 0 saturated heterocycles. The van der Waals surface area contributed by atoms with E-state index >= 15 is 0 Å². The molecular formula is C15H14BrFO2. The van der Waals surface area contributed by atoms with Gasteiger partial charge in [-0.2, -0.15) is 0 Å². The molecule has 2 rings (SSSR count). The highest BCUT2D eigenvalue weighted by atomic mass is 79.9. The van der Waals surface area contributed by atoms with E-state index in [1.54, 1.807) is 36.4 Å². The molecule has 0 fully saturated rings. The van der Waals surface area contributed by atoms with Crippen LogP contribution in [0.1, 0.15) is 24.2 Å². The van der Waals surface area contributed by atoms with Crippen molar-refractivity contribution in [3.05, 3.63) is 63.9 Å². The normalized spacial score (nSPS) is 12.2. The minimum Gasteiger partial charge on any atom is -0.494 e. The molecule has 0 aliphatic carbocycles. The molecule has 0 saturated carbocycles. The number of hydrogen-bond donors (Lipinski definition) is 1. The first-order valence-corrected chi connectivity index (χ1v) is 6.77. The third-order valence-corrected chi connectivity index (χ3v) is 3.37. The maximum Gasteiger partial charge on any atom is 0.137 e. The van der Waals surface area contributed by atoms with Crippen LogP contribution in [-0.2, 0) is 0 Å². The van der Waals surface area contributed by atoms with Gasteiger partial charge in [-0.25, -0.2) is 4.39 Å². The maximum atomic E-state index is 13.2. The Bertz CT molecular complexity index is 555. The van der Waals surface area contributed by atoms with E-state index in [-0.39, 0.29) is 5.82 Å². The van der Waals surface area contributed by atoms with Gasteiger partial charge in [0, 0.05) is 0 Å². The molecular weight excluding hydrogens is 311 g/mol. The van der Waals surface area contributed by atoms with Crippen LogP contribution < -0.4 is 4.74 Å². The van der Waals surface area contributed by atoms with Crippen molar-refractivity contribution in [2.45, 2.75) is 13.0 Å². The van der Waals surface area contributed by atoms with Crippen LogP contribution in [0.2, 0.25) is 0 Å². The largest absolute Gasteiger partial charge is 0.494 e. The summed E-state index contributed by atoms with van der Waals surface area (Å²) in [7, 11) is 0. The summed E-state index contributed by atoms with van der Waals surface area (Å²) >= 11 is 3.11. The molecule has 1 atom stereocenters. The first-order chi connectivity index (χ1) is 9.11. The Balaban J connectivity index is 2.22. The van der Waals surface area contributed by atoms with Gasteiger partial charge < -0.3 is 9.84 Å². The summed E-state index contributed by atoms with van der Waals surface area (Å²) < 4.78 is 18.8. The topological polar surface area (TPSA) is 29.5 Å². The van der Waals surface area contributed by atoms with Crippen molar-refractivity contribution in [3.63, 3.8) is 0 Å². The van der Waals surface area contributed by atoms with Crippen LogP contribution in [0.15, 0.2) is 46.9 Å². The zero-order chi connectivity index (χ0) is 13.8. The summed E-state index contributed by atoms with van der Waals surface area (Å²) in [6.45, 7) is 2.52. The van der Waals surface area contributed by atoms with Gasteiger partial charge in [-0.3, -0.25) is 0 Å². The number of aliphatic hydroxyl groups excluding tert-OH is 1. The van der Waals surface area contributed by atoms with E-state index < -0.39 is 6.10 Å². The Morgan fingerprint density at radius 1 is 1.16 bits per heavy atom. The van der Waals surface area contributed by atoms with Crippen molar-refractivity contribution in [1.82, 2.24) is 0 Å². The number of rotatable bonds is 4. The Kier molecular flexibility index (Phi) is 4.56. The van der Waals surface area contributed by atoms with E-state index in [1.165, 1.54) is 6.07 Å². The van der Waals surface area contributed by atoms with Crippen molar-refractivity contribution in [2.24, 2.45) is 0 Å². The van der Waals surface area contributed by atoms with Crippen LogP contribution in [0, 0.1) is 5.82 Å². The highest BCUT2D eigenvalue weighted by Gasteiger charge is 2.12. The van der Waals surface area contributed by atoms with Gasteiger partial charge >= 0.3 is 0 Å². The molecule has 0 heterocycles. The summed E-state index contributed by atoms with van der Waals surface area (Å²) in [4.78, 5) is 0. The van der Waals surface area contributed by atoms with Crippen LogP contribution in [0.25, 0.3) is 0 Å². The van der Waals surface area contributed by atoms with Crippen molar-refractivity contribution in [3.8, 4) is 5.75 Å². The SMILES string of the molecule is CCOc1ccc(C(O)c2ccc(F)c(Br)c2)cc1. The van der Waals surface area contributed by atoms with Gasteiger partial charge in [0.1, 0.15) is 17.7 Å². The van der Waals surface area contributed by atoms with Gasteiger partial charge in [0.2, 0.25) is 0 Å². The number of ether oxygens (including phenoxy) is 1. The van der Waals surface area contributed by atoms with Crippen molar-refractivity contribution < 1.29 is 14.2 Å². The predicted octanol–water partition coefficient (Wildman–Crippen LogP) is 4.07. The lowest BCUT2D eigenvalue weighted by molar-refractivity contribution is 0.220. The fraction of sp³-hybridized carbons (Fsp3) is 0.200. The zero-order valence-corrected chi connectivity index (χ0v) is 12.0. The van der Waals surface area contributed by atoms with E-state index in [0.717, 1.165) is 11.3 Å². The van der Waals surface area contributed by atoms with Crippen LogP contribution in [0.3, 0.4) is 0 Å². The van der Waals surface area contributed by atoms with Crippen LogP contribution in [0.5, 0.6) is 5.75 Å². The fourth-order valence-corrected chi connectivity index (χ4v) is 2.18. The molecule has 0 radical (unpaired) electrons. The number of hydrogen-bond acceptors (Lipinski definition) is 2. The Morgan fingerprint density at radius 2 is 1.79 bits per heavy atom. The second-order valence-corrected chi connectivity index (χ2v) is 4.93. The van der Waals surface area contributed by atoms with E-state index in [0.29, 0.717) is 16.6 Å². The fourth-order valence-electron chi connectivity index (χ4n) is 1.79. The second kappa shape index (κ2) is 6.17. The zero-order valence-electron chi connectivity index (χ0n) is 10.4. The molecule has 2 aromatic carbocycles. The summed E-state index contributed by atoms with van der Waals surface area (Å²) in [6.07, 6.45) is -0.785.